The summed E-state index contributed by atoms with van der Waals surface area (Å²) >= 11 is 6.14. The van der Waals surface area contributed by atoms with Crippen LogP contribution in [0.15, 0.2) is 79.0 Å². The third-order valence-electron chi connectivity index (χ3n) is 4.85. The second-order valence-electron chi connectivity index (χ2n) is 7.22. The molecule has 2 aromatic carbocycles. The number of hydrogen-bond donors (Lipinski definition) is 3. The normalized spacial score (nSPS) is 11.9. The number of halogens is 4. The van der Waals surface area contributed by atoms with Crippen LogP contribution in [0, 0.1) is 0 Å². The Hall–Kier alpha value is -3.89. The van der Waals surface area contributed by atoms with E-state index < -0.39 is 18.2 Å². The van der Waals surface area contributed by atoms with E-state index in [1.165, 1.54) is 0 Å². The molecule has 0 saturated carbocycles. The molecule has 4 aromatic rings. The van der Waals surface area contributed by atoms with Crippen LogP contribution in [-0.2, 0) is 4.79 Å². The highest BCUT2D eigenvalue weighted by Gasteiger charge is 2.29. The number of H-pyrrole nitrogens is 1. The maximum atomic E-state index is 13.0. The van der Waals surface area contributed by atoms with Gasteiger partial charge in [0.1, 0.15) is 5.97 Å². The number of amides is 1. The fourth-order valence-corrected chi connectivity index (χ4v) is 3.45. The standard InChI is InChI=1S/C22H18ClN3O2.C2HF3O2/c23-17-10-6-9-16(13-17)20-19-11-4-5-12-26(19)21(25-20)22(28)24-18(14-27)15-7-2-1-3-8-15;3-2(4,5)1(6)7/h1-13,18,27H,14H2,(H,24,28);(H,6,7)/t18-;/m0./s1. The van der Waals surface area contributed by atoms with Gasteiger partial charge in [0.25, 0.3) is 0 Å². The highest BCUT2D eigenvalue weighted by atomic mass is 35.5. The molecule has 0 saturated heterocycles. The van der Waals surface area contributed by atoms with E-state index in [1.54, 1.807) is 4.40 Å². The number of benzene rings is 2. The lowest BCUT2D eigenvalue weighted by Gasteiger charge is -2.14. The number of carbonyl (C=O) groups is 2. The number of aliphatic hydroxyl groups excluding tert-OH is 1. The van der Waals surface area contributed by atoms with Crippen molar-refractivity contribution in [1.82, 2.24) is 10.3 Å². The number of rotatable bonds is 5. The first kappa shape index (κ1) is 25.7. The van der Waals surface area contributed by atoms with Gasteiger partial charge in [0.2, 0.25) is 0 Å². The Morgan fingerprint density at radius 2 is 1.71 bits per heavy atom. The SMILES string of the molecule is O=C(N[C@@H](CO)c1ccccc1)c1[nH]c(-c2cccc(Cl)c2)c2cccc[n+]12.O=C([O-])C(F)(F)F. The minimum Gasteiger partial charge on any atom is -0.542 e. The Labute approximate surface area is 202 Å². The third-order valence-corrected chi connectivity index (χ3v) is 5.09. The average Bonchev–Trinajstić information content (AvgIpc) is 3.23. The molecule has 0 fully saturated rings. The molecule has 2 aromatic heterocycles. The summed E-state index contributed by atoms with van der Waals surface area (Å²) in [6, 6.07) is 22.1. The zero-order valence-corrected chi connectivity index (χ0v) is 18.7. The van der Waals surface area contributed by atoms with Gasteiger partial charge in [-0.25, -0.2) is 4.98 Å². The smallest absolute Gasteiger partial charge is 0.430 e. The highest BCUT2D eigenvalue weighted by molar-refractivity contribution is 6.30. The number of aliphatic hydroxyl groups is 1. The number of nitrogens with one attached hydrogen (secondary N) is 2. The Balaban J connectivity index is 0.000000429. The summed E-state index contributed by atoms with van der Waals surface area (Å²) in [5.74, 6) is -2.94. The molecule has 0 aliphatic heterocycles. The molecule has 35 heavy (non-hydrogen) atoms. The first-order valence-electron chi connectivity index (χ1n) is 10.1. The molecule has 1 atom stereocenters. The van der Waals surface area contributed by atoms with Gasteiger partial charge in [-0.15, -0.1) is 0 Å². The molecule has 0 aliphatic carbocycles. The number of hydrogen-bond acceptors (Lipinski definition) is 4. The van der Waals surface area contributed by atoms with Crippen molar-refractivity contribution in [2.45, 2.75) is 12.2 Å². The second-order valence-corrected chi connectivity index (χ2v) is 7.66. The third kappa shape index (κ3) is 6.37. The monoisotopic (exact) mass is 505 g/mol. The molecule has 0 bridgehead atoms. The molecule has 4 rings (SSSR count). The quantitative estimate of drug-likeness (QED) is 0.362. The van der Waals surface area contributed by atoms with E-state index >= 15 is 0 Å². The van der Waals surface area contributed by atoms with Gasteiger partial charge in [-0.05, 0) is 29.8 Å². The molecule has 0 unspecified atom stereocenters. The number of pyridine rings is 1. The lowest BCUT2D eigenvalue weighted by atomic mass is 10.1. The van der Waals surface area contributed by atoms with Crippen LogP contribution >= 0.6 is 11.6 Å². The molecule has 0 spiro atoms. The molecule has 11 heteroatoms. The lowest BCUT2D eigenvalue weighted by molar-refractivity contribution is -0.514. The number of nitrogens with zero attached hydrogens (tertiary/aromatic N) is 1. The number of aliphatic carboxylic acids is 1. The Kier molecular flexibility index (Phi) is 8.10. The van der Waals surface area contributed by atoms with Crippen LogP contribution in [0.5, 0.6) is 0 Å². The molecule has 7 nitrogen and oxygen atoms in total. The number of alkyl halides is 3. The molecule has 3 N–H and O–H groups in total. The van der Waals surface area contributed by atoms with Crippen molar-refractivity contribution in [2.24, 2.45) is 0 Å². The van der Waals surface area contributed by atoms with E-state index in [1.807, 2.05) is 79.0 Å². The van der Waals surface area contributed by atoms with Crippen LogP contribution < -0.4 is 14.8 Å². The molecule has 0 aliphatic rings. The summed E-state index contributed by atoms with van der Waals surface area (Å²) in [7, 11) is 0. The summed E-state index contributed by atoms with van der Waals surface area (Å²) in [4.78, 5) is 25.0. The van der Waals surface area contributed by atoms with E-state index in [2.05, 4.69) is 10.3 Å². The first-order valence-corrected chi connectivity index (χ1v) is 10.5. The number of carboxylic acid groups (broad SMARTS) is 1. The van der Waals surface area contributed by atoms with Crippen molar-refractivity contribution in [3.05, 3.63) is 95.4 Å². The highest BCUT2D eigenvalue weighted by Crippen LogP contribution is 2.24. The molecule has 1 amide bonds. The van der Waals surface area contributed by atoms with Gasteiger partial charge in [0, 0.05) is 10.6 Å². The van der Waals surface area contributed by atoms with Crippen LogP contribution in [0.3, 0.4) is 0 Å². The topological polar surface area (TPSA) is 109 Å². The summed E-state index contributed by atoms with van der Waals surface area (Å²) in [6.45, 7) is -0.194. The van der Waals surface area contributed by atoms with Crippen LogP contribution in [0.2, 0.25) is 5.02 Å². The molecule has 182 valence electrons. The average molecular weight is 506 g/mol. The van der Waals surface area contributed by atoms with Gasteiger partial charge in [0.05, 0.1) is 18.8 Å². The van der Waals surface area contributed by atoms with Crippen molar-refractivity contribution in [3.63, 3.8) is 0 Å². The van der Waals surface area contributed by atoms with Crippen LogP contribution in [-0.4, -0.2) is 34.8 Å². The van der Waals surface area contributed by atoms with Crippen LogP contribution in [0.25, 0.3) is 16.8 Å². The van der Waals surface area contributed by atoms with Crippen molar-refractivity contribution >= 4 is 29.0 Å². The summed E-state index contributed by atoms with van der Waals surface area (Å²) in [6.07, 6.45) is -3.37. The number of fused-ring (bicyclic) bond motifs is 1. The van der Waals surface area contributed by atoms with Gasteiger partial charge in [-0.2, -0.15) is 17.6 Å². The second kappa shape index (κ2) is 11.0. The van der Waals surface area contributed by atoms with Gasteiger partial charge in [-0.3, -0.25) is 4.79 Å². The predicted octanol–water partition coefficient (Wildman–Crippen LogP) is 2.84. The van der Waals surface area contributed by atoms with Crippen molar-refractivity contribution < 1.29 is 37.4 Å². The van der Waals surface area contributed by atoms with Gasteiger partial charge in [0.15, 0.2) is 11.2 Å². The van der Waals surface area contributed by atoms with E-state index in [0.29, 0.717) is 10.8 Å². The van der Waals surface area contributed by atoms with Crippen molar-refractivity contribution in [3.8, 4) is 11.3 Å². The molecule has 0 radical (unpaired) electrons. The Morgan fingerprint density at radius 3 is 2.31 bits per heavy atom. The number of imidazole rings is 1. The number of carbonyl (C=O) groups excluding carboxylic acids is 2. The van der Waals surface area contributed by atoms with Crippen LogP contribution in [0.4, 0.5) is 13.2 Å². The van der Waals surface area contributed by atoms with Crippen molar-refractivity contribution in [1.29, 1.82) is 0 Å². The van der Waals surface area contributed by atoms with Gasteiger partial charge in [-0.1, -0.05) is 60.1 Å². The molecule has 2 heterocycles. The largest absolute Gasteiger partial charge is 0.542 e. The van der Waals surface area contributed by atoms with Crippen LogP contribution in [0.1, 0.15) is 22.2 Å². The number of aromatic amines is 1. The van der Waals surface area contributed by atoms with E-state index in [-0.39, 0.29) is 12.5 Å². The minimum absolute atomic E-state index is 0.194. The Bertz CT molecular complexity index is 1330. The molecular formula is C24H19ClF3N3O4. The van der Waals surface area contributed by atoms with E-state index in [4.69, 9.17) is 21.5 Å². The van der Waals surface area contributed by atoms with E-state index in [9.17, 15) is 23.1 Å². The number of carboxylic acids is 1. The Morgan fingerprint density at radius 1 is 1.06 bits per heavy atom. The summed E-state index contributed by atoms with van der Waals surface area (Å²) in [5, 5.41) is 22.1. The van der Waals surface area contributed by atoms with E-state index in [0.717, 1.165) is 22.3 Å². The molecular weight excluding hydrogens is 487 g/mol. The summed E-state index contributed by atoms with van der Waals surface area (Å²) in [5.41, 5.74) is 3.38. The maximum absolute atomic E-state index is 13.0. The maximum Gasteiger partial charge on any atom is 0.430 e. The van der Waals surface area contributed by atoms with Gasteiger partial charge < -0.3 is 20.3 Å². The predicted molar refractivity (Wildman–Crippen MR) is 119 cm³/mol. The zero-order valence-electron chi connectivity index (χ0n) is 17.9. The fraction of sp³-hybridized carbons (Fsp3) is 0.125. The lowest BCUT2D eigenvalue weighted by Crippen LogP contribution is -2.38. The number of aromatic nitrogens is 2. The minimum atomic E-state index is -5.19. The summed E-state index contributed by atoms with van der Waals surface area (Å²) < 4.78 is 33.3. The van der Waals surface area contributed by atoms with Crippen molar-refractivity contribution in [2.75, 3.05) is 6.61 Å². The van der Waals surface area contributed by atoms with Gasteiger partial charge >= 0.3 is 17.9 Å². The fourth-order valence-electron chi connectivity index (χ4n) is 3.26. The first-order chi connectivity index (χ1) is 16.6. The zero-order chi connectivity index (χ0) is 25.6.